The van der Waals surface area contributed by atoms with Gasteiger partial charge < -0.3 is 20.7 Å². The molecule has 36 heavy (non-hydrogen) atoms. The molecule has 1 saturated heterocycles. The highest BCUT2D eigenvalue weighted by molar-refractivity contribution is 9.10. The van der Waals surface area contributed by atoms with Gasteiger partial charge >= 0.3 is 5.97 Å². The number of rotatable bonds is 4. The zero-order chi connectivity index (χ0) is 25.6. The Balaban J connectivity index is 1.38. The number of fused-ring (bicyclic) bond motifs is 3. The second-order valence-electron chi connectivity index (χ2n) is 10.1. The summed E-state index contributed by atoms with van der Waals surface area (Å²) in [5, 5.41) is 2.88. The quantitative estimate of drug-likeness (QED) is 0.411. The molecule has 194 valence electrons. The highest BCUT2D eigenvalue weighted by Crippen LogP contribution is 2.48. The molecule has 3 fully saturated rings. The van der Waals surface area contributed by atoms with Crippen molar-refractivity contribution in [1.29, 1.82) is 0 Å². The van der Waals surface area contributed by atoms with Gasteiger partial charge in [0.25, 0.3) is 0 Å². The van der Waals surface area contributed by atoms with Crippen LogP contribution in [0.5, 0.6) is 0 Å². The van der Waals surface area contributed by atoms with E-state index in [-0.39, 0.29) is 30.7 Å². The molecule has 9 nitrogen and oxygen atoms in total. The van der Waals surface area contributed by atoms with Crippen molar-refractivity contribution >= 4 is 44.8 Å². The number of nitrogens with zero attached hydrogens (tertiary/aromatic N) is 1. The Labute approximate surface area is 220 Å². The van der Waals surface area contributed by atoms with Crippen molar-refractivity contribution < 1.29 is 27.5 Å². The van der Waals surface area contributed by atoms with Crippen LogP contribution in [0.15, 0.2) is 45.8 Å². The van der Waals surface area contributed by atoms with Gasteiger partial charge in [-0.1, -0.05) is 28.1 Å². The average Bonchev–Trinajstić information content (AvgIpc) is 3.75. The molecule has 1 aromatic rings. The van der Waals surface area contributed by atoms with Crippen LogP contribution in [0, 0.1) is 17.8 Å². The SMILES string of the molecule is COC(=O)[C@@]12CC1/C=C\CCC1CC1[C@H](N)C(=O)N1CC(OS(=O)c3ccc(Br)cc3)CC1C(=O)N2. The molecule has 4 aliphatic rings. The summed E-state index contributed by atoms with van der Waals surface area (Å²) in [4.78, 5) is 41.5. The molecule has 6 unspecified atom stereocenters. The molecule has 1 aromatic carbocycles. The van der Waals surface area contributed by atoms with Crippen LogP contribution < -0.4 is 11.1 Å². The molecule has 5 rings (SSSR count). The third kappa shape index (κ3) is 4.90. The molecular weight excluding hydrogens is 550 g/mol. The first-order valence-electron chi connectivity index (χ1n) is 12.2. The lowest BCUT2D eigenvalue weighted by molar-refractivity contribution is -0.148. The van der Waals surface area contributed by atoms with Crippen LogP contribution in [0.25, 0.3) is 0 Å². The van der Waals surface area contributed by atoms with Gasteiger partial charge in [-0.3, -0.25) is 13.8 Å². The van der Waals surface area contributed by atoms with Crippen molar-refractivity contribution in [2.24, 2.45) is 23.5 Å². The third-order valence-corrected chi connectivity index (χ3v) is 9.42. The fraction of sp³-hybridized carbons (Fsp3) is 0.560. The van der Waals surface area contributed by atoms with E-state index in [1.807, 2.05) is 12.2 Å². The number of nitrogens with one attached hydrogen (secondary N) is 1. The standard InChI is InChI=1S/C25H30BrN3O6S/c1-34-24(32)25-12-15(25)5-3-2-4-14-10-19(14)21(27)23(31)29-13-17(11-20(29)22(30)28-25)35-36(33)18-8-6-16(26)7-9-18/h3,5-9,14-15,17,19-21H,2,4,10-13,27H2,1H3,(H,28,30)/b5-3-/t14?,15?,17?,19?,20?,21-,25+,36?/m0/s1. The van der Waals surface area contributed by atoms with Crippen molar-refractivity contribution in [2.45, 2.75) is 60.7 Å². The smallest absolute Gasteiger partial charge is 0.332 e. The van der Waals surface area contributed by atoms with E-state index in [0.29, 0.717) is 17.2 Å². The van der Waals surface area contributed by atoms with E-state index >= 15 is 0 Å². The highest BCUT2D eigenvalue weighted by atomic mass is 79.9. The minimum atomic E-state index is -1.77. The zero-order valence-corrected chi connectivity index (χ0v) is 22.3. The molecule has 3 N–H and O–H groups in total. The van der Waals surface area contributed by atoms with Gasteiger partial charge in [0.05, 0.1) is 24.2 Å². The van der Waals surface area contributed by atoms with E-state index < -0.39 is 46.7 Å². The number of allylic oxidation sites excluding steroid dienone is 1. The molecule has 2 aliphatic heterocycles. The number of hydrogen-bond donors (Lipinski definition) is 2. The molecule has 2 saturated carbocycles. The second-order valence-corrected chi connectivity index (χ2v) is 12.2. The first-order valence-corrected chi connectivity index (χ1v) is 14.1. The summed E-state index contributed by atoms with van der Waals surface area (Å²) in [5.74, 6) is -0.970. The maximum absolute atomic E-state index is 13.5. The van der Waals surface area contributed by atoms with E-state index in [0.717, 1.165) is 23.7 Å². The second kappa shape index (κ2) is 10.00. The summed E-state index contributed by atoms with van der Waals surface area (Å²) in [6.45, 7) is 0.0961. The van der Waals surface area contributed by atoms with Crippen LogP contribution in [-0.4, -0.2) is 64.3 Å². The molecule has 2 heterocycles. The van der Waals surface area contributed by atoms with Gasteiger partial charge in [-0.05, 0) is 61.8 Å². The van der Waals surface area contributed by atoms with Gasteiger partial charge in [0.2, 0.25) is 11.8 Å². The molecule has 0 spiro atoms. The fourth-order valence-electron chi connectivity index (χ4n) is 5.51. The van der Waals surface area contributed by atoms with Gasteiger partial charge in [0.15, 0.2) is 11.1 Å². The van der Waals surface area contributed by atoms with Gasteiger partial charge in [0, 0.05) is 23.4 Å². The summed E-state index contributed by atoms with van der Waals surface area (Å²) in [5.41, 5.74) is 5.24. The number of esters is 1. The number of amides is 2. The first-order chi connectivity index (χ1) is 17.2. The number of carbonyl (C=O) groups excluding carboxylic acids is 3. The van der Waals surface area contributed by atoms with Crippen LogP contribution in [0.1, 0.15) is 32.1 Å². The Hall–Kier alpha value is -2.08. The van der Waals surface area contributed by atoms with Crippen LogP contribution >= 0.6 is 15.9 Å². The Morgan fingerprint density at radius 2 is 2.00 bits per heavy atom. The number of halogens is 1. The molecular formula is C25H30BrN3O6S. The Morgan fingerprint density at radius 1 is 1.25 bits per heavy atom. The predicted molar refractivity (Wildman–Crippen MR) is 134 cm³/mol. The van der Waals surface area contributed by atoms with Crippen molar-refractivity contribution in [3.05, 3.63) is 40.9 Å². The number of carbonyl (C=O) groups is 3. The topological polar surface area (TPSA) is 128 Å². The third-order valence-electron chi connectivity index (χ3n) is 7.78. The average molecular weight is 581 g/mol. The van der Waals surface area contributed by atoms with E-state index in [9.17, 15) is 18.6 Å². The Bertz CT molecular complexity index is 1110. The Kier molecular flexibility index (Phi) is 7.10. The van der Waals surface area contributed by atoms with Gasteiger partial charge in [-0.15, -0.1) is 0 Å². The van der Waals surface area contributed by atoms with E-state index in [1.54, 1.807) is 24.3 Å². The fourth-order valence-corrected chi connectivity index (χ4v) is 6.63. The number of methoxy groups -OCH3 is 1. The molecule has 2 amide bonds. The van der Waals surface area contributed by atoms with Crippen molar-refractivity contribution in [2.75, 3.05) is 13.7 Å². The van der Waals surface area contributed by atoms with Crippen molar-refractivity contribution in [3.8, 4) is 0 Å². The molecule has 11 heteroatoms. The number of ether oxygens (including phenoxy) is 1. The van der Waals surface area contributed by atoms with Crippen LogP contribution in [0.3, 0.4) is 0 Å². The maximum Gasteiger partial charge on any atom is 0.332 e. The Morgan fingerprint density at radius 3 is 2.72 bits per heavy atom. The van der Waals surface area contributed by atoms with Crippen LogP contribution in [0.4, 0.5) is 0 Å². The summed E-state index contributed by atoms with van der Waals surface area (Å²) in [7, 11) is 1.30. The van der Waals surface area contributed by atoms with Crippen LogP contribution in [-0.2, 0) is 34.4 Å². The molecule has 0 radical (unpaired) electrons. The first kappa shape index (κ1) is 25.6. The number of nitrogens with two attached hydrogens (primary N) is 1. The largest absolute Gasteiger partial charge is 0.467 e. The normalized spacial score (nSPS) is 37.5. The summed E-state index contributed by atoms with van der Waals surface area (Å²) >= 11 is 1.58. The summed E-state index contributed by atoms with van der Waals surface area (Å²) < 4.78 is 24.5. The van der Waals surface area contributed by atoms with E-state index in [4.69, 9.17) is 14.7 Å². The summed E-state index contributed by atoms with van der Waals surface area (Å²) in [6.07, 6.45) is 6.62. The minimum absolute atomic E-state index is 0.0875. The van der Waals surface area contributed by atoms with Gasteiger partial charge in [0.1, 0.15) is 11.6 Å². The number of benzene rings is 1. The summed E-state index contributed by atoms with van der Waals surface area (Å²) in [6, 6.07) is 5.31. The van der Waals surface area contributed by atoms with Crippen molar-refractivity contribution in [3.63, 3.8) is 0 Å². The van der Waals surface area contributed by atoms with E-state index in [1.165, 1.54) is 12.0 Å². The molecule has 0 aromatic heterocycles. The lowest BCUT2D eigenvalue weighted by Gasteiger charge is -2.28. The molecule has 2 aliphatic carbocycles. The molecule has 0 bridgehead atoms. The lowest BCUT2D eigenvalue weighted by atomic mass is 10.0. The maximum atomic E-state index is 13.5. The molecule has 8 atom stereocenters. The van der Waals surface area contributed by atoms with Gasteiger partial charge in [-0.2, -0.15) is 0 Å². The lowest BCUT2D eigenvalue weighted by Crippen LogP contribution is -2.55. The highest BCUT2D eigenvalue weighted by Gasteiger charge is 2.62. The van der Waals surface area contributed by atoms with Crippen LogP contribution in [0.2, 0.25) is 0 Å². The van der Waals surface area contributed by atoms with Gasteiger partial charge in [-0.25, -0.2) is 9.00 Å². The predicted octanol–water partition coefficient (Wildman–Crippen LogP) is 1.82. The number of hydrogen-bond acceptors (Lipinski definition) is 7. The minimum Gasteiger partial charge on any atom is -0.467 e. The van der Waals surface area contributed by atoms with E-state index in [2.05, 4.69) is 21.2 Å². The van der Waals surface area contributed by atoms with Crippen molar-refractivity contribution in [1.82, 2.24) is 10.2 Å². The monoisotopic (exact) mass is 579 g/mol. The zero-order valence-electron chi connectivity index (χ0n) is 19.9.